The van der Waals surface area contributed by atoms with E-state index < -0.39 is 0 Å². The van der Waals surface area contributed by atoms with E-state index in [0.717, 1.165) is 26.2 Å². The average molecular weight is 231 g/mol. The van der Waals surface area contributed by atoms with E-state index in [4.69, 9.17) is 9.47 Å². The lowest BCUT2D eigenvalue weighted by Crippen LogP contribution is -2.32. The second-order valence-electron chi connectivity index (χ2n) is 3.98. The molecule has 0 radical (unpaired) electrons. The molecule has 1 N–H and O–H groups in total. The first-order chi connectivity index (χ1) is 7.78. The minimum absolute atomic E-state index is 0.0402. The van der Waals surface area contributed by atoms with E-state index in [1.54, 1.807) is 0 Å². The van der Waals surface area contributed by atoms with Gasteiger partial charge in [-0.05, 0) is 26.7 Å². The van der Waals surface area contributed by atoms with Crippen LogP contribution in [0.15, 0.2) is 0 Å². The van der Waals surface area contributed by atoms with Crippen LogP contribution in [-0.2, 0) is 9.47 Å². The van der Waals surface area contributed by atoms with Gasteiger partial charge in [0.05, 0.1) is 0 Å². The first-order valence-electron chi connectivity index (χ1n) is 6.74. The highest BCUT2D eigenvalue weighted by molar-refractivity contribution is 4.64. The van der Waals surface area contributed by atoms with Gasteiger partial charge in [0.2, 0.25) is 0 Å². The van der Waals surface area contributed by atoms with Crippen molar-refractivity contribution in [1.29, 1.82) is 0 Å². The second kappa shape index (κ2) is 11.4. The maximum atomic E-state index is 5.50. The van der Waals surface area contributed by atoms with Crippen molar-refractivity contribution in [2.75, 3.05) is 19.8 Å². The van der Waals surface area contributed by atoms with Gasteiger partial charge in [-0.15, -0.1) is 0 Å². The molecule has 0 aliphatic rings. The van der Waals surface area contributed by atoms with Crippen molar-refractivity contribution in [1.82, 2.24) is 5.32 Å². The zero-order chi connectivity index (χ0) is 12.2. The summed E-state index contributed by atoms with van der Waals surface area (Å²) >= 11 is 0. The Kier molecular flexibility index (Phi) is 11.3. The minimum Gasteiger partial charge on any atom is -0.353 e. The van der Waals surface area contributed by atoms with Crippen LogP contribution >= 0.6 is 0 Å². The maximum absolute atomic E-state index is 5.50. The molecule has 0 saturated carbocycles. The number of rotatable bonds is 11. The van der Waals surface area contributed by atoms with Crippen LogP contribution in [0.1, 0.15) is 53.4 Å². The molecule has 0 aromatic carbocycles. The van der Waals surface area contributed by atoms with Gasteiger partial charge in [0.1, 0.15) is 0 Å². The summed E-state index contributed by atoms with van der Waals surface area (Å²) in [6.45, 7) is 10.9. The molecule has 1 unspecified atom stereocenters. The smallest absolute Gasteiger partial charge is 0.158 e. The summed E-state index contributed by atoms with van der Waals surface area (Å²) in [5.74, 6) is 0. The van der Waals surface area contributed by atoms with Crippen molar-refractivity contribution < 1.29 is 9.47 Å². The van der Waals surface area contributed by atoms with E-state index in [0.29, 0.717) is 6.04 Å². The van der Waals surface area contributed by atoms with Crippen LogP contribution in [0.2, 0.25) is 0 Å². The van der Waals surface area contributed by atoms with Crippen LogP contribution in [0.5, 0.6) is 0 Å². The molecule has 16 heavy (non-hydrogen) atoms. The zero-order valence-corrected chi connectivity index (χ0v) is 11.4. The first kappa shape index (κ1) is 15.9. The third-order valence-electron chi connectivity index (χ3n) is 2.65. The van der Waals surface area contributed by atoms with Gasteiger partial charge in [-0.3, -0.25) is 0 Å². The van der Waals surface area contributed by atoms with Crippen molar-refractivity contribution in [2.45, 2.75) is 65.7 Å². The molecule has 0 fully saturated rings. The van der Waals surface area contributed by atoms with Gasteiger partial charge >= 0.3 is 0 Å². The summed E-state index contributed by atoms with van der Waals surface area (Å²) in [6.07, 6.45) is 4.58. The Morgan fingerprint density at radius 3 is 2.00 bits per heavy atom. The van der Waals surface area contributed by atoms with Gasteiger partial charge < -0.3 is 14.8 Å². The number of nitrogens with one attached hydrogen (secondary N) is 1. The molecule has 0 amide bonds. The lowest BCUT2D eigenvalue weighted by Gasteiger charge is -2.20. The average Bonchev–Trinajstić information content (AvgIpc) is 2.28. The molecule has 3 heteroatoms. The molecule has 1 atom stereocenters. The molecule has 98 valence electrons. The van der Waals surface area contributed by atoms with Crippen molar-refractivity contribution in [3.05, 3.63) is 0 Å². The highest BCUT2D eigenvalue weighted by Gasteiger charge is 2.09. The van der Waals surface area contributed by atoms with Crippen LogP contribution in [0.4, 0.5) is 0 Å². The van der Waals surface area contributed by atoms with Gasteiger partial charge in [-0.2, -0.15) is 0 Å². The third-order valence-corrected chi connectivity index (χ3v) is 2.65. The van der Waals surface area contributed by atoms with Gasteiger partial charge in [-0.25, -0.2) is 0 Å². The van der Waals surface area contributed by atoms with Crippen LogP contribution < -0.4 is 5.32 Å². The fourth-order valence-electron chi connectivity index (χ4n) is 1.79. The Bertz CT molecular complexity index is 136. The molecule has 0 saturated heterocycles. The van der Waals surface area contributed by atoms with Crippen LogP contribution in [-0.4, -0.2) is 32.1 Å². The second-order valence-corrected chi connectivity index (χ2v) is 3.98. The molecule has 0 heterocycles. The summed E-state index contributed by atoms with van der Waals surface area (Å²) in [5.41, 5.74) is 0. The van der Waals surface area contributed by atoms with Crippen LogP contribution in [0.3, 0.4) is 0 Å². The normalized spacial score (nSPS) is 13.3. The zero-order valence-electron chi connectivity index (χ0n) is 11.4. The fourth-order valence-corrected chi connectivity index (χ4v) is 1.79. The van der Waals surface area contributed by atoms with Crippen LogP contribution in [0.25, 0.3) is 0 Å². The molecule has 0 aliphatic carbocycles. The number of ether oxygens (including phenoxy) is 2. The minimum atomic E-state index is -0.0402. The predicted molar refractivity (Wildman–Crippen MR) is 68.6 cm³/mol. The van der Waals surface area contributed by atoms with E-state index in [1.165, 1.54) is 19.3 Å². The molecule has 3 nitrogen and oxygen atoms in total. The summed E-state index contributed by atoms with van der Waals surface area (Å²) < 4.78 is 11.0. The Balaban J connectivity index is 3.65. The summed E-state index contributed by atoms with van der Waals surface area (Å²) in [7, 11) is 0. The van der Waals surface area contributed by atoms with Gasteiger partial charge in [0.25, 0.3) is 0 Å². The van der Waals surface area contributed by atoms with E-state index in [1.807, 2.05) is 13.8 Å². The Morgan fingerprint density at radius 1 is 0.938 bits per heavy atom. The highest BCUT2D eigenvalue weighted by atomic mass is 16.7. The van der Waals surface area contributed by atoms with E-state index in [9.17, 15) is 0 Å². The molecule has 0 aromatic heterocycles. The van der Waals surface area contributed by atoms with Crippen molar-refractivity contribution in [2.24, 2.45) is 0 Å². The topological polar surface area (TPSA) is 30.5 Å². The molecule has 0 spiro atoms. The van der Waals surface area contributed by atoms with Gasteiger partial charge in [0, 0.05) is 32.2 Å². The Hall–Kier alpha value is -0.120. The van der Waals surface area contributed by atoms with E-state index in [-0.39, 0.29) is 6.29 Å². The quantitative estimate of drug-likeness (QED) is 0.555. The number of hydrogen-bond donors (Lipinski definition) is 1. The lowest BCUT2D eigenvalue weighted by molar-refractivity contribution is -0.138. The van der Waals surface area contributed by atoms with Crippen LogP contribution in [0, 0.1) is 0 Å². The third kappa shape index (κ3) is 8.08. The summed E-state index contributed by atoms with van der Waals surface area (Å²) in [6, 6.07) is 0.647. The summed E-state index contributed by atoms with van der Waals surface area (Å²) in [5, 5.41) is 3.56. The number of hydrogen-bond acceptors (Lipinski definition) is 3. The van der Waals surface area contributed by atoms with Gasteiger partial charge in [0.15, 0.2) is 6.29 Å². The standard InChI is InChI=1S/C13H29NO2/c1-5-9-12(6-2)14-11-10-13(15-7-3)16-8-4/h12-14H,5-11H2,1-4H3. The van der Waals surface area contributed by atoms with E-state index >= 15 is 0 Å². The fraction of sp³-hybridized carbons (Fsp3) is 1.00. The monoisotopic (exact) mass is 231 g/mol. The summed E-state index contributed by atoms with van der Waals surface area (Å²) in [4.78, 5) is 0. The largest absolute Gasteiger partial charge is 0.353 e. The molecule has 0 bridgehead atoms. The predicted octanol–water partition coefficient (Wildman–Crippen LogP) is 2.94. The SMILES string of the molecule is CCCC(CC)NCCC(OCC)OCC. The van der Waals surface area contributed by atoms with Crippen molar-refractivity contribution >= 4 is 0 Å². The Morgan fingerprint density at radius 2 is 1.56 bits per heavy atom. The van der Waals surface area contributed by atoms with E-state index in [2.05, 4.69) is 19.2 Å². The van der Waals surface area contributed by atoms with Gasteiger partial charge in [-0.1, -0.05) is 20.3 Å². The Labute approximate surface area is 101 Å². The first-order valence-corrected chi connectivity index (χ1v) is 6.74. The highest BCUT2D eigenvalue weighted by Crippen LogP contribution is 2.03. The molecule has 0 aliphatic heterocycles. The van der Waals surface area contributed by atoms with Crippen molar-refractivity contribution in [3.63, 3.8) is 0 Å². The van der Waals surface area contributed by atoms with Crippen molar-refractivity contribution in [3.8, 4) is 0 Å². The molecule has 0 aromatic rings. The molecular weight excluding hydrogens is 202 g/mol. The molecule has 0 rings (SSSR count). The molecular formula is C13H29NO2. The maximum Gasteiger partial charge on any atom is 0.158 e. The lowest BCUT2D eigenvalue weighted by atomic mass is 10.1.